The maximum Gasteiger partial charge on any atom is 0.217 e. The molecule has 7 heteroatoms. The van der Waals surface area contributed by atoms with Gasteiger partial charge in [0.25, 0.3) is 0 Å². The lowest BCUT2D eigenvalue weighted by atomic mass is 10.0. The van der Waals surface area contributed by atoms with E-state index in [1.165, 1.54) is 0 Å². The van der Waals surface area contributed by atoms with Crippen LogP contribution in [0.3, 0.4) is 0 Å². The van der Waals surface area contributed by atoms with Crippen LogP contribution >= 0.6 is 0 Å². The molecule has 1 aliphatic carbocycles. The number of hydrogen-bond donors (Lipinski definition) is 1. The summed E-state index contributed by atoms with van der Waals surface area (Å²) in [5.74, 6) is 0. The van der Waals surface area contributed by atoms with E-state index in [4.69, 9.17) is 10.5 Å². The van der Waals surface area contributed by atoms with E-state index in [2.05, 4.69) is 4.98 Å². The van der Waals surface area contributed by atoms with Crippen molar-refractivity contribution in [3.63, 3.8) is 0 Å². The maximum absolute atomic E-state index is 12.9. The molecule has 2 N–H and O–H groups in total. The molecule has 1 saturated heterocycles. The van der Waals surface area contributed by atoms with Crippen LogP contribution < -0.4 is 5.73 Å². The summed E-state index contributed by atoms with van der Waals surface area (Å²) >= 11 is 0. The minimum Gasteiger partial charge on any atom is -0.399 e. The number of aromatic nitrogens is 1. The Kier molecular flexibility index (Phi) is 4.89. The zero-order valence-electron chi connectivity index (χ0n) is 13.6. The molecular weight excluding hydrogens is 314 g/mol. The van der Waals surface area contributed by atoms with Crippen LogP contribution in [-0.4, -0.2) is 42.7 Å². The lowest BCUT2D eigenvalue weighted by Crippen LogP contribution is -2.46. The standard InChI is InChI=1S/C16H25N3O3S/c1-12-9-13(17)10-15(18-12)16-11-19(7-8-22-16)23(20,21)14-5-3-2-4-6-14/h9-10,14,16H,2-8,11H2,1H3,(H2,17,18). The molecule has 2 fully saturated rings. The van der Waals surface area contributed by atoms with Crippen molar-refractivity contribution >= 4 is 15.7 Å². The van der Waals surface area contributed by atoms with Crippen LogP contribution in [0, 0.1) is 6.92 Å². The van der Waals surface area contributed by atoms with E-state index in [0.717, 1.165) is 37.8 Å². The number of morpholine rings is 1. The predicted octanol–water partition coefficient (Wildman–Crippen LogP) is 2.01. The fraction of sp³-hybridized carbons (Fsp3) is 0.688. The van der Waals surface area contributed by atoms with Crippen molar-refractivity contribution in [3.8, 4) is 0 Å². The van der Waals surface area contributed by atoms with Gasteiger partial charge in [-0.05, 0) is 31.9 Å². The van der Waals surface area contributed by atoms with Crippen LogP contribution in [0.1, 0.15) is 49.6 Å². The average molecular weight is 339 g/mol. The quantitative estimate of drug-likeness (QED) is 0.910. The number of aryl methyl sites for hydroxylation is 1. The Labute approximate surface area is 138 Å². The summed E-state index contributed by atoms with van der Waals surface area (Å²) in [6.07, 6.45) is 4.37. The zero-order chi connectivity index (χ0) is 16.4. The van der Waals surface area contributed by atoms with Crippen molar-refractivity contribution in [1.29, 1.82) is 0 Å². The smallest absolute Gasteiger partial charge is 0.217 e. The molecule has 1 unspecified atom stereocenters. The van der Waals surface area contributed by atoms with Crippen molar-refractivity contribution in [2.75, 3.05) is 25.4 Å². The summed E-state index contributed by atoms with van der Waals surface area (Å²) in [6, 6.07) is 3.57. The van der Waals surface area contributed by atoms with Crippen LogP contribution in [-0.2, 0) is 14.8 Å². The van der Waals surface area contributed by atoms with Gasteiger partial charge in [0.05, 0.1) is 17.6 Å². The topological polar surface area (TPSA) is 85.5 Å². The number of ether oxygens (including phenoxy) is 1. The van der Waals surface area contributed by atoms with E-state index < -0.39 is 10.0 Å². The summed E-state index contributed by atoms with van der Waals surface area (Å²) in [6.45, 7) is 3.02. The Balaban J connectivity index is 1.77. The third kappa shape index (κ3) is 3.67. The predicted molar refractivity (Wildman–Crippen MR) is 89.4 cm³/mol. The summed E-state index contributed by atoms with van der Waals surface area (Å²) in [4.78, 5) is 4.46. The highest BCUT2D eigenvalue weighted by Gasteiger charge is 2.36. The number of nitrogen functional groups attached to an aromatic ring is 1. The molecular formula is C16H25N3O3S. The molecule has 1 aliphatic heterocycles. The van der Waals surface area contributed by atoms with Gasteiger partial charge in [-0.2, -0.15) is 4.31 Å². The highest BCUT2D eigenvalue weighted by Crippen LogP contribution is 2.30. The lowest BCUT2D eigenvalue weighted by molar-refractivity contribution is -0.00535. The Morgan fingerprint density at radius 1 is 1.26 bits per heavy atom. The van der Waals surface area contributed by atoms with Crippen LogP contribution in [0.25, 0.3) is 0 Å². The Morgan fingerprint density at radius 2 is 2.00 bits per heavy atom. The maximum atomic E-state index is 12.9. The van der Waals surface area contributed by atoms with Gasteiger partial charge in [0.15, 0.2) is 0 Å². The number of pyridine rings is 1. The van der Waals surface area contributed by atoms with Crippen molar-refractivity contribution in [2.24, 2.45) is 0 Å². The molecule has 3 rings (SSSR count). The van der Waals surface area contributed by atoms with E-state index in [9.17, 15) is 8.42 Å². The monoisotopic (exact) mass is 339 g/mol. The Morgan fingerprint density at radius 3 is 2.70 bits per heavy atom. The van der Waals surface area contributed by atoms with Crippen LogP contribution in [0.15, 0.2) is 12.1 Å². The molecule has 128 valence electrons. The molecule has 1 saturated carbocycles. The number of nitrogens with two attached hydrogens (primary N) is 1. The molecule has 6 nitrogen and oxygen atoms in total. The first-order valence-corrected chi connectivity index (χ1v) is 9.82. The van der Waals surface area contributed by atoms with E-state index in [1.807, 2.05) is 6.92 Å². The third-order valence-corrected chi connectivity index (χ3v) is 7.05. The Bertz CT molecular complexity index is 636. The summed E-state index contributed by atoms with van der Waals surface area (Å²) in [5.41, 5.74) is 8.03. The highest BCUT2D eigenvalue weighted by molar-refractivity contribution is 7.89. The van der Waals surface area contributed by atoms with Gasteiger partial charge in [-0.3, -0.25) is 4.98 Å². The summed E-state index contributed by atoms with van der Waals surface area (Å²) < 4.78 is 33.1. The number of sulfonamides is 1. The van der Waals surface area contributed by atoms with Gasteiger partial charge in [-0.25, -0.2) is 8.42 Å². The van der Waals surface area contributed by atoms with E-state index in [-0.39, 0.29) is 11.4 Å². The molecule has 2 aliphatic rings. The van der Waals surface area contributed by atoms with Crippen molar-refractivity contribution in [2.45, 2.75) is 50.4 Å². The normalized spacial score (nSPS) is 24.7. The van der Waals surface area contributed by atoms with Crippen LogP contribution in [0.4, 0.5) is 5.69 Å². The fourth-order valence-electron chi connectivity index (χ4n) is 3.50. The third-order valence-electron chi connectivity index (χ3n) is 4.69. The second kappa shape index (κ2) is 6.75. The highest BCUT2D eigenvalue weighted by atomic mass is 32.2. The zero-order valence-corrected chi connectivity index (χ0v) is 14.4. The fourth-order valence-corrected chi connectivity index (χ4v) is 5.52. The molecule has 0 radical (unpaired) electrons. The second-order valence-electron chi connectivity index (χ2n) is 6.49. The van der Waals surface area contributed by atoms with Gasteiger partial charge < -0.3 is 10.5 Å². The van der Waals surface area contributed by atoms with Gasteiger partial charge >= 0.3 is 0 Å². The molecule has 0 spiro atoms. The van der Waals surface area contributed by atoms with Gasteiger partial charge in [0.1, 0.15) is 6.10 Å². The SMILES string of the molecule is Cc1cc(N)cc(C2CN(S(=O)(=O)C3CCCCC3)CCO2)n1. The average Bonchev–Trinajstić information content (AvgIpc) is 2.55. The summed E-state index contributed by atoms with van der Waals surface area (Å²) in [7, 11) is -3.25. The van der Waals surface area contributed by atoms with E-state index in [0.29, 0.717) is 31.1 Å². The van der Waals surface area contributed by atoms with E-state index in [1.54, 1.807) is 16.4 Å². The van der Waals surface area contributed by atoms with Gasteiger partial charge in [0.2, 0.25) is 10.0 Å². The van der Waals surface area contributed by atoms with Crippen molar-refractivity contribution in [1.82, 2.24) is 9.29 Å². The largest absolute Gasteiger partial charge is 0.399 e. The molecule has 2 heterocycles. The van der Waals surface area contributed by atoms with Crippen LogP contribution in [0.5, 0.6) is 0 Å². The number of nitrogens with zero attached hydrogens (tertiary/aromatic N) is 2. The van der Waals surface area contributed by atoms with Crippen molar-refractivity contribution in [3.05, 3.63) is 23.5 Å². The first-order valence-electron chi connectivity index (χ1n) is 8.31. The molecule has 0 bridgehead atoms. The summed E-state index contributed by atoms with van der Waals surface area (Å²) in [5, 5.41) is -0.231. The van der Waals surface area contributed by atoms with E-state index >= 15 is 0 Å². The molecule has 0 aromatic carbocycles. The second-order valence-corrected chi connectivity index (χ2v) is 8.70. The van der Waals surface area contributed by atoms with Crippen molar-refractivity contribution < 1.29 is 13.2 Å². The molecule has 1 atom stereocenters. The minimum absolute atomic E-state index is 0.231. The number of hydrogen-bond acceptors (Lipinski definition) is 5. The number of rotatable bonds is 3. The first kappa shape index (κ1) is 16.7. The Hall–Kier alpha value is -1.18. The molecule has 1 aromatic heterocycles. The minimum atomic E-state index is -3.25. The van der Waals surface area contributed by atoms with Gasteiger partial charge in [-0.1, -0.05) is 19.3 Å². The lowest BCUT2D eigenvalue weighted by Gasteiger charge is -2.35. The van der Waals surface area contributed by atoms with Gasteiger partial charge in [0, 0.05) is 24.5 Å². The molecule has 23 heavy (non-hydrogen) atoms. The number of anilines is 1. The first-order chi connectivity index (χ1) is 11.0. The molecule has 0 amide bonds. The van der Waals surface area contributed by atoms with Crippen LogP contribution in [0.2, 0.25) is 0 Å². The van der Waals surface area contributed by atoms with Gasteiger partial charge in [-0.15, -0.1) is 0 Å². The molecule has 1 aromatic rings.